The molecule has 64 valence electrons. The van der Waals surface area contributed by atoms with Crippen molar-refractivity contribution < 1.29 is 9.90 Å². The van der Waals surface area contributed by atoms with Gasteiger partial charge in [-0.25, -0.2) is 0 Å². The Kier molecular flexibility index (Phi) is 7.36. The molecule has 0 bridgehead atoms. The molecule has 0 fully saturated rings. The highest BCUT2D eigenvalue weighted by molar-refractivity contribution is 7.99. The van der Waals surface area contributed by atoms with Gasteiger partial charge in [0.25, 0.3) is 0 Å². The summed E-state index contributed by atoms with van der Waals surface area (Å²) in [6, 6.07) is 0. The van der Waals surface area contributed by atoms with Gasteiger partial charge in [0.2, 0.25) is 0 Å². The summed E-state index contributed by atoms with van der Waals surface area (Å²) in [5, 5.41) is 8.29. The first-order valence-electron chi connectivity index (χ1n) is 3.68. The SMILES string of the molecule is C=CCSCCCCC(=O)O. The predicted octanol–water partition coefficient (Wildman–Crippen LogP) is 2.16. The van der Waals surface area contributed by atoms with E-state index in [-0.39, 0.29) is 0 Å². The lowest BCUT2D eigenvalue weighted by Gasteiger charge is -1.95. The van der Waals surface area contributed by atoms with Crippen molar-refractivity contribution in [1.29, 1.82) is 0 Å². The second-order valence-corrected chi connectivity index (χ2v) is 3.36. The van der Waals surface area contributed by atoms with Crippen molar-refractivity contribution in [3.63, 3.8) is 0 Å². The van der Waals surface area contributed by atoms with Gasteiger partial charge in [0, 0.05) is 12.2 Å². The van der Waals surface area contributed by atoms with Crippen LogP contribution in [0.1, 0.15) is 19.3 Å². The molecule has 0 rings (SSSR count). The van der Waals surface area contributed by atoms with Crippen molar-refractivity contribution in [2.45, 2.75) is 19.3 Å². The molecule has 0 heterocycles. The average Bonchev–Trinajstić information content (AvgIpc) is 1.96. The van der Waals surface area contributed by atoms with E-state index in [1.165, 1.54) is 0 Å². The van der Waals surface area contributed by atoms with Gasteiger partial charge in [0.1, 0.15) is 0 Å². The van der Waals surface area contributed by atoms with Gasteiger partial charge in [-0.15, -0.1) is 6.58 Å². The fourth-order valence-corrected chi connectivity index (χ4v) is 1.39. The summed E-state index contributed by atoms with van der Waals surface area (Å²) in [5.74, 6) is 1.31. The van der Waals surface area contributed by atoms with Crippen molar-refractivity contribution in [3.8, 4) is 0 Å². The standard InChI is InChI=1S/C8H14O2S/c1-2-6-11-7-4-3-5-8(9)10/h2H,1,3-7H2,(H,9,10). The number of rotatable bonds is 7. The van der Waals surface area contributed by atoms with E-state index < -0.39 is 5.97 Å². The summed E-state index contributed by atoms with van der Waals surface area (Å²) in [4.78, 5) is 10.1. The van der Waals surface area contributed by atoms with Gasteiger partial charge < -0.3 is 5.11 Å². The molecule has 11 heavy (non-hydrogen) atoms. The molecule has 2 nitrogen and oxygen atoms in total. The minimum Gasteiger partial charge on any atom is -0.481 e. The molecule has 0 radical (unpaired) electrons. The Bertz CT molecular complexity index is 123. The Hall–Kier alpha value is -0.440. The number of carbonyl (C=O) groups is 1. The third-order valence-corrected chi connectivity index (χ3v) is 2.21. The molecule has 3 heteroatoms. The van der Waals surface area contributed by atoms with Gasteiger partial charge in [-0.2, -0.15) is 11.8 Å². The van der Waals surface area contributed by atoms with Crippen LogP contribution in [0, 0.1) is 0 Å². The first-order chi connectivity index (χ1) is 5.27. The number of thioether (sulfide) groups is 1. The van der Waals surface area contributed by atoms with Crippen LogP contribution in [0.3, 0.4) is 0 Å². The summed E-state index contributed by atoms with van der Waals surface area (Å²) < 4.78 is 0. The molecule has 0 aliphatic rings. The summed E-state index contributed by atoms with van der Waals surface area (Å²) in [6.07, 6.45) is 3.95. The van der Waals surface area contributed by atoms with Crippen LogP contribution in [0.2, 0.25) is 0 Å². The highest BCUT2D eigenvalue weighted by Crippen LogP contribution is 2.05. The lowest BCUT2D eigenvalue weighted by atomic mass is 10.3. The Morgan fingerprint density at radius 3 is 2.82 bits per heavy atom. The lowest BCUT2D eigenvalue weighted by Crippen LogP contribution is -1.94. The van der Waals surface area contributed by atoms with Crippen molar-refractivity contribution in [2.24, 2.45) is 0 Å². The summed E-state index contributed by atoms with van der Waals surface area (Å²) in [5.41, 5.74) is 0. The number of carboxylic acids is 1. The Labute approximate surface area is 71.7 Å². The van der Waals surface area contributed by atoms with E-state index in [9.17, 15) is 4.79 Å². The minimum atomic E-state index is -0.696. The van der Waals surface area contributed by atoms with Crippen LogP contribution in [0.5, 0.6) is 0 Å². The van der Waals surface area contributed by atoms with Gasteiger partial charge in [0.05, 0.1) is 0 Å². The molecule has 0 aromatic carbocycles. The van der Waals surface area contributed by atoms with Crippen molar-refractivity contribution in [2.75, 3.05) is 11.5 Å². The van der Waals surface area contributed by atoms with Crippen molar-refractivity contribution >= 4 is 17.7 Å². The monoisotopic (exact) mass is 174 g/mol. The molecule has 0 amide bonds. The fourth-order valence-electron chi connectivity index (χ4n) is 0.647. The minimum absolute atomic E-state index is 0.300. The van der Waals surface area contributed by atoms with E-state index in [4.69, 9.17) is 5.11 Å². The number of aliphatic carboxylic acids is 1. The first-order valence-corrected chi connectivity index (χ1v) is 4.83. The van der Waals surface area contributed by atoms with E-state index in [1.807, 2.05) is 6.08 Å². The van der Waals surface area contributed by atoms with Crippen LogP contribution in [0.4, 0.5) is 0 Å². The van der Waals surface area contributed by atoms with Gasteiger partial charge in [-0.1, -0.05) is 6.08 Å². The molecular formula is C8H14O2S. The molecule has 0 aromatic heterocycles. The second-order valence-electron chi connectivity index (χ2n) is 2.21. The number of unbranched alkanes of at least 4 members (excludes halogenated alkanes) is 1. The number of hydrogen-bond acceptors (Lipinski definition) is 2. The zero-order chi connectivity index (χ0) is 8.53. The molecule has 0 unspecified atom stereocenters. The molecule has 0 aliphatic carbocycles. The Balaban J connectivity index is 2.90. The normalized spacial score (nSPS) is 9.45. The first kappa shape index (κ1) is 10.6. The zero-order valence-corrected chi connectivity index (χ0v) is 7.40. The Morgan fingerprint density at radius 2 is 2.27 bits per heavy atom. The average molecular weight is 174 g/mol. The quantitative estimate of drug-likeness (QED) is 0.474. The van der Waals surface area contributed by atoms with Crippen molar-refractivity contribution in [1.82, 2.24) is 0 Å². The third kappa shape index (κ3) is 9.56. The molecule has 0 saturated heterocycles. The molecule has 0 atom stereocenters. The Morgan fingerprint density at radius 1 is 1.55 bits per heavy atom. The highest BCUT2D eigenvalue weighted by atomic mass is 32.2. The number of hydrogen-bond donors (Lipinski definition) is 1. The lowest BCUT2D eigenvalue weighted by molar-refractivity contribution is -0.137. The van der Waals surface area contributed by atoms with Crippen LogP contribution in [-0.2, 0) is 4.79 Å². The van der Waals surface area contributed by atoms with E-state index in [0.717, 1.165) is 24.3 Å². The van der Waals surface area contributed by atoms with Gasteiger partial charge >= 0.3 is 5.97 Å². The molecule has 0 saturated carbocycles. The summed E-state index contributed by atoms with van der Waals surface area (Å²) in [6.45, 7) is 3.59. The molecule has 0 aliphatic heterocycles. The largest absolute Gasteiger partial charge is 0.481 e. The van der Waals surface area contributed by atoms with Crippen LogP contribution in [-0.4, -0.2) is 22.6 Å². The number of carboxylic acid groups (broad SMARTS) is 1. The topological polar surface area (TPSA) is 37.3 Å². The molecular weight excluding hydrogens is 160 g/mol. The predicted molar refractivity (Wildman–Crippen MR) is 49.0 cm³/mol. The summed E-state index contributed by atoms with van der Waals surface area (Å²) >= 11 is 1.79. The van der Waals surface area contributed by atoms with Gasteiger partial charge in [-0.05, 0) is 18.6 Å². The van der Waals surface area contributed by atoms with Crippen molar-refractivity contribution in [3.05, 3.63) is 12.7 Å². The molecule has 0 spiro atoms. The maximum absolute atomic E-state index is 10.1. The third-order valence-electron chi connectivity index (χ3n) is 1.17. The zero-order valence-electron chi connectivity index (χ0n) is 6.58. The van der Waals surface area contributed by atoms with Gasteiger partial charge in [0.15, 0.2) is 0 Å². The molecule has 0 aromatic rings. The van der Waals surface area contributed by atoms with Gasteiger partial charge in [-0.3, -0.25) is 4.79 Å². The summed E-state index contributed by atoms with van der Waals surface area (Å²) in [7, 11) is 0. The fraction of sp³-hybridized carbons (Fsp3) is 0.625. The van der Waals surface area contributed by atoms with E-state index in [0.29, 0.717) is 6.42 Å². The highest BCUT2D eigenvalue weighted by Gasteiger charge is 1.95. The van der Waals surface area contributed by atoms with E-state index in [2.05, 4.69) is 6.58 Å². The molecule has 1 N–H and O–H groups in total. The van der Waals surface area contributed by atoms with Crippen LogP contribution < -0.4 is 0 Å². The second kappa shape index (κ2) is 7.66. The van der Waals surface area contributed by atoms with E-state index in [1.54, 1.807) is 11.8 Å². The van der Waals surface area contributed by atoms with Crippen LogP contribution in [0.15, 0.2) is 12.7 Å². The maximum atomic E-state index is 10.1. The smallest absolute Gasteiger partial charge is 0.303 e. The van der Waals surface area contributed by atoms with E-state index >= 15 is 0 Å². The van der Waals surface area contributed by atoms with Crippen LogP contribution >= 0.6 is 11.8 Å². The van der Waals surface area contributed by atoms with Crippen LogP contribution in [0.25, 0.3) is 0 Å². The maximum Gasteiger partial charge on any atom is 0.303 e.